The first-order valence-corrected chi connectivity index (χ1v) is 5.86. The Kier molecular flexibility index (Phi) is 3.61. The van der Waals surface area contributed by atoms with E-state index in [1.165, 1.54) is 11.0 Å². The zero-order chi connectivity index (χ0) is 14.0. The Balaban J connectivity index is 2.37. The molecule has 19 heavy (non-hydrogen) atoms. The van der Waals surface area contributed by atoms with Crippen molar-refractivity contribution >= 4 is 17.4 Å². The average molecular weight is 266 g/mol. The highest BCUT2D eigenvalue weighted by atomic mass is 16.6. The Hall–Kier alpha value is -2.22. The van der Waals surface area contributed by atoms with Crippen LogP contribution in [0.3, 0.4) is 0 Å². The van der Waals surface area contributed by atoms with Crippen LogP contribution in [-0.2, 0) is 0 Å². The topological polar surface area (TPSA) is 123 Å². The van der Waals surface area contributed by atoms with E-state index in [1.54, 1.807) is 0 Å². The highest BCUT2D eigenvalue weighted by Gasteiger charge is 2.32. The molecule has 1 aliphatic rings. The van der Waals surface area contributed by atoms with Crippen LogP contribution in [0.2, 0.25) is 0 Å². The minimum Gasteiger partial charge on any atom is -0.394 e. The van der Waals surface area contributed by atoms with E-state index < -0.39 is 10.8 Å². The van der Waals surface area contributed by atoms with Gasteiger partial charge in [0.1, 0.15) is 17.6 Å². The van der Waals surface area contributed by atoms with Gasteiger partial charge in [0, 0.05) is 6.54 Å². The van der Waals surface area contributed by atoms with E-state index in [0.717, 1.165) is 12.6 Å². The molecular weight excluding hydrogens is 252 g/mol. The normalized spacial score (nSPS) is 18.6. The summed E-state index contributed by atoms with van der Waals surface area (Å²) >= 11 is 0. The number of likely N-dealkylation sites (tertiary alicyclic amines) is 1. The van der Waals surface area contributed by atoms with Crippen molar-refractivity contribution in [1.82, 2.24) is 9.88 Å². The lowest BCUT2D eigenvalue weighted by molar-refractivity contribution is -0.385. The summed E-state index contributed by atoms with van der Waals surface area (Å²) in [7, 11) is 0. The molecule has 0 bridgehead atoms. The van der Waals surface area contributed by atoms with E-state index in [9.17, 15) is 20.0 Å². The van der Waals surface area contributed by atoms with Crippen molar-refractivity contribution in [2.45, 2.75) is 18.9 Å². The number of hydrogen-bond donors (Lipinski definition) is 2. The third kappa shape index (κ3) is 2.48. The third-order valence-corrected chi connectivity index (χ3v) is 3.18. The van der Waals surface area contributed by atoms with Crippen LogP contribution in [0.5, 0.6) is 0 Å². The Morgan fingerprint density at radius 1 is 1.68 bits per heavy atom. The number of pyridine rings is 1. The summed E-state index contributed by atoms with van der Waals surface area (Å²) in [5, 5.41) is 20.1. The van der Waals surface area contributed by atoms with Gasteiger partial charge in [-0.3, -0.25) is 14.9 Å². The Morgan fingerprint density at radius 2 is 2.42 bits per heavy atom. The predicted molar refractivity (Wildman–Crippen MR) is 66.4 cm³/mol. The van der Waals surface area contributed by atoms with E-state index in [4.69, 9.17) is 5.73 Å². The Morgan fingerprint density at radius 3 is 3.05 bits per heavy atom. The number of amides is 1. The largest absolute Gasteiger partial charge is 0.394 e. The number of carbonyl (C=O) groups excluding carboxylic acids is 1. The molecule has 0 aliphatic carbocycles. The summed E-state index contributed by atoms with van der Waals surface area (Å²) in [6, 6.07) is 0.911. The molecule has 1 atom stereocenters. The second-order valence-electron chi connectivity index (χ2n) is 4.36. The van der Waals surface area contributed by atoms with Crippen molar-refractivity contribution in [1.29, 1.82) is 0 Å². The van der Waals surface area contributed by atoms with E-state index >= 15 is 0 Å². The lowest BCUT2D eigenvalue weighted by Gasteiger charge is -2.22. The van der Waals surface area contributed by atoms with Crippen molar-refractivity contribution in [2.24, 2.45) is 0 Å². The first-order valence-electron chi connectivity index (χ1n) is 5.86. The maximum absolute atomic E-state index is 12.3. The van der Waals surface area contributed by atoms with Gasteiger partial charge in [-0.05, 0) is 18.9 Å². The van der Waals surface area contributed by atoms with Crippen molar-refractivity contribution in [3.63, 3.8) is 0 Å². The van der Waals surface area contributed by atoms with Gasteiger partial charge in [-0.25, -0.2) is 4.98 Å². The first-order chi connectivity index (χ1) is 9.04. The summed E-state index contributed by atoms with van der Waals surface area (Å²) in [4.78, 5) is 27.6. The van der Waals surface area contributed by atoms with Gasteiger partial charge in [0.25, 0.3) is 11.6 Å². The van der Waals surface area contributed by atoms with Crippen LogP contribution < -0.4 is 5.73 Å². The highest BCUT2D eigenvalue weighted by Crippen LogP contribution is 2.25. The number of anilines is 1. The van der Waals surface area contributed by atoms with E-state index in [-0.39, 0.29) is 29.7 Å². The summed E-state index contributed by atoms with van der Waals surface area (Å²) in [6.45, 7) is 0.323. The summed E-state index contributed by atoms with van der Waals surface area (Å²) < 4.78 is 0. The molecule has 0 radical (unpaired) electrons. The van der Waals surface area contributed by atoms with Gasteiger partial charge in [0.2, 0.25) is 0 Å². The van der Waals surface area contributed by atoms with Gasteiger partial charge in [0.05, 0.1) is 17.6 Å². The van der Waals surface area contributed by atoms with Gasteiger partial charge < -0.3 is 15.7 Å². The van der Waals surface area contributed by atoms with Crippen LogP contribution >= 0.6 is 0 Å². The number of nitrogen functional groups attached to an aromatic ring is 1. The van der Waals surface area contributed by atoms with E-state index in [2.05, 4.69) is 4.98 Å². The number of nitrogens with two attached hydrogens (primary N) is 1. The number of rotatable bonds is 3. The van der Waals surface area contributed by atoms with Gasteiger partial charge in [-0.2, -0.15) is 0 Å². The van der Waals surface area contributed by atoms with Gasteiger partial charge >= 0.3 is 0 Å². The fraction of sp³-hybridized carbons (Fsp3) is 0.455. The number of aliphatic hydroxyl groups excluding tert-OH is 1. The number of carbonyl (C=O) groups is 1. The van der Waals surface area contributed by atoms with Gasteiger partial charge in [-0.1, -0.05) is 0 Å². The zero-order valence-corrected chi connectivity index (χ0v) is 10.2. The molecule has 102 valence electrons. The number of nitro groups is 1. The van der Waals surface area contributed by atoms with Crippen LogP contribution in [-0.4, -0.2) is 45.0 Å². The molecule has 0 spiro atoms. The molecule has 1 saturated heterocycles. The molecule has 2 heterocycles. The maximum Gasteiger partial charge on any atom is 0.300 e. The van der Waals surface area contributed by atoms with Crippen molar-refractivity contribution in [2.75, 3.05) is 18.9 Å². The fourth-order valence-electron chi connectivity index (χ4n) is 2.23. The standard InChI is InChI=1S/C11H14N4O4/c12-10-4-8(9(5-13-10)15(18)19)11(17)14-3-1-2-7(14)6-16/h4-5,7,16H,1-3,6H2,(H2,12,13). The van der Waals surface area contributed by atoms with Gasteiger partial charge in [0.15, 0.2) is 0 Å². The zero-order valence-electron chi connectivity index (χ0n) is 10.2. The quantitative estimate of drug-likeness (QED) is 0.593. The molecule has 8 nitrogen and oxygen atoms in total. The van der Waals surface area contributed by atoms with Crippen LogP contribution in [0.4, 0.5) is 11.5 Å². The minimum absolute atomic E-state index is 0.0497. The number of aromatic nitrogens is 1. The third-order valence-electron chi connectivity index (χ3n) is 3.18. The fourth-order valence-corrected chi connectivity index (χ4v) is 2.23. The average Bonchev–Trinajstić information content (AvgIpc) is 2.85. The number of hydrogen-bond acceptors (Lipinski definition) is 6. The highest BCUT2D eigenvalue weighted by molar-refractivity contribution is 5.99. The molecule has 0 saturated carbocycles. The molecule has 0 aromatic carbocycles. The van der Waals surface area contributed by atoms with E-state index in [1.807, 2.05) is 0 Å². The Labute approximate surface area is 109 Å². The molecular formula is C11H14N4O4. The Bertz CT molecular complexity index is 519. The lowest BCUT2D eigenvalue weighted by Crippen LogP contribution is -2.38. The number of aliphatic hydroxyl groups is 1. The van der Waals surface area contributed by atoms with Crippen LogP contribution in [0.25, 0.3) is 0 Å². The molecule has 1 fully saturated rings. The smallest absolute Gasteiger partial charge is 0.300 e. The second-order valence-corrected chi connectivity index (χ2v) is 4.36. The van der Waals surface area contributed by atoms with Crippen LogP contribution in [0.1, 0.15) is 23.2 Å². The molecule has 1 aromatic heterocycles. The predicted octanol–water partition coefficient (Wildman–Crippen LogP) is 0.169. The maximum atomic E-state index is 12.3. The van der Waals surface area contributed by atoms with Crippen molar-refractivity contribution in [3.05, 3.63) is 27.9 Å². The molecule has 8 heteroatoms. The van der Waals surface area contributed by atoms with Crippen LogP contribution in [0, 0.1) is 10.1 Å². The molecule has 2 rings (SSSR count). The van der Waals surface area contributed by atoms with Crippen molar-refractivity contribution in [3.8, 4) is 0 Å². The second kappa shape index (κ2) is 5.19. The molecule has 1 aliphatic heterocycles. The van der Waals surface area contributed by atoms with Crippen molar-refractivity contribution < 1.29 is 14.8 Å². The van der Waals surface area contributed by atoms with E-state index in [0.29, 0.717) is 13.0 Å². The SMILES string of the molecule is Nc1cc(C(=O)N2CCCC2CO)c([N+](=O)[O-])cn1. The first kappa shape index (κ1) is 13.2. The molecule has 1 amide bonds. The lowest BCUT2D eigenvalue weighted by atomic mass is 10.1. The van der Waals surface area contributed by atoms with Gasteiger partial charge in [-0.15, -0.1) is 0 Å². The molecule has 3 N–H and O–H groups in total. The van der Waals surface area contributed by atoms with Crippen LogP contribution in [0.15, 0.2) is 12.3 Å². The monoisotopic (exact) mass is 266 g/mol. The summed E-state index contributed by atoms with van der Waals surface area (Å²) in [5.74, 6) is -0.439. The molecule has 1 unspecified atom stereocenters. The number of nitrogens with zero attached hydrogens (tertiary/aromatic N) is 3. The molecule has 1 aromatic rings. The minimum atomic E-state index is -0.663. The summed E-state index contributed by atoms with van der Waals surface area (Å²) in [6.07, 6.45) is 2.44. The summed E-state index contributed by atoms with van der Waals surface area (Å²) in [5.41, 5.74) is 5.02.